The Bertz CT molecular complexity index is 1660. The van der Waals surface area contributed by atoms with Crippen molar-refractivity contribution in [3.8, 4) is 11.8 Å². The standard InChI is InChI=1S/C41H50O7/c1-24(20-27(42)21-25(2)37(47)48)29-22-32(45)41-18-11-7-10-17-38(3)31(44)16-19-39(4)33(30(43)23-40(29,41)5)34(41)35(46)28(36(38)39)15-14-26-12-8-6-9-13-26/h6,8-9,12-15,21,24,27-29,32,35-36,42,45-46H,11,16-20,22-23H2,1-5H3,(H,47,48). The van der Waals surface area contributed by atoms with Crippen molar-refractivity contribution in [3.05, 3.63) is 64.8 Å². The molecule has 0 aromatic heterocycles. The Morgan fingerprint density at radius 2 is 1.77 bits per heavy atom. The molecule has 0 amide bonds. The third-order valence-electron chi connectivity index (χ3n) is 13.6. The van der Waals surface area contributed by atoms with Crippen LogP contribution in [0.2, 0.25) is 0 Å². The van der Waals surface area contributed by atoms with Gasteiger partial charge in [0.1, 0.15) is 5.78 Å². The molecule has 1 aromatic carbocycles. The van der Waals surface area contributed by atoms with Crippen LogP contribution in [0.4, 0.5) is 0 Å². The summed E-state index contributed by atoms with van der Waals surface area (Å²) in [6.45, 7) is 9.63. The number of carbonyl (C=O) groups is 3. The fraction of sp³-hybridized carbons (Fsp3) is 0.585. The topological polar surface area (TPSA) is 132 Å². The smallest absolute Gasteiger partial charge is 0.331 e. The molecule has 0 heterocycles. The van der Waals surface area contributed by atoms with Gasteiger partial charge in [-0.25, -0.2) is 4.79 Å². The van der Waals surface area contributed by atoms with Crippen LogP contribution in [-0.2, 0) is 14.4 Å². The molecule has 0 radical (unpaired) electrons. The van der Waals surface area contributed by atoms with Gasteiger partial charge < -0.3 is 20.4 Å². The number of hydrogen-bond acceptors (Lipinski definition) is 6. The fourth-order valence-electron chi connectivity index (χ4n) is 11.4. The Morgan fingerprint density at radius 1 is 1.06 bits per heavy atom. The number of carboxylic acids is 1. The summed E-state index contributed by atoms with van der Waals surface area (Å²) in [5.74, 6) is 4.49. The third-order valence-corrected chi connectivity index (χ3v) is 13.6. The molecule has 7 nitrogen and oxygen atoms in total. The van der Waals surface area contributed by atoms with Crippen LogP contribution in [0.25, 0.3) is 6.08 Å². The van der Waals surface area contributed by atoms with E-state index in [1.165, 1.54) is 13.0 Å². The average molecular weight is 655 g/mol. The first-order valence-electron chi connectivity index (χ1n) is 17.6. The van der Waals surface area contributed by atoms with Gasteiger partial charge >= 0.3 is 5.97 Å². The quantitative estimate of drug-likeness (QED) is 0.212. The van der Waals surface area contributed by atoms with Crippen LogP contribution in [0.15, 0.2) is 59.2 Å². The molecule has 1 spiro atoms. The number of Topliss-reactive ketones (excluding diaryl/α,β-unsaturated/α-hetero) is 2. The molecule has 48 heavy (non-hydrogen) atoms. The molecule has 0 aliphatic heterocycles. The summed E-state index contributed by atoms with van der Waals surface area (Å²) in [6.07, 6.45) is 5.37. The zero-order valence-electron chi connectivity index (χ0n) is 28.8. The number of rotatable bonds is 7. The molecule has 4 N–H and O–H groups in total. The van der Waals surface area contributed by atoms with Gasteiger partial charge in [-0.15, -0.1) is 11.8 Å². The lowest BCUT2D eigenvalue weighted by molar-refractivity contribution is -0.153. The number of ketones is 2. The molecule has 256 valence electrons. The summed E-state index contributed by atoms with van der Waals surface area (Å²) < 4.78 is 0. The number of carbonyl (C=O) groups excluding carboxylic acids is 2. The number of allylic oxidation sites excluding steroid dienone is 1. The normalized spacial score (nSPS) is 40.6. The van der Waals surface area contributed by atoms with Gasteiger partial charge in [-0.2, -0.15) is 0 Å². The highest BCUT2D eigenvalue weighted by molar-refractivity contribution is 6.01. The second-order valence-electron chi connectivity index (χ2n) is 16.1. The van der Waals surface area contributed by atoms with Gasteiger partial charge in [-0.3, -0.25) is 9.59 Å². The first kappa shape index (κ1) is 34.5. The summed E-state index contributed by atoms with van der Waals surface area (Å²) in [5, 5.41) is 45.5. The van der Waals surface area contributed by atoms with Gasteiger partial charge in [-0.05, 0) is 73.0 Å². The Labute approximate surface area is 284 Å². The van der Waals surface area contributed by atoms with Gasteiger partial charge in [0.2, 0.25) is 0 Å². The fourth-order valence-corrected chi connectivity index (χ4v) is 11.4. The Hall–Kier alpha value is -3.31. The molecule has 6 bridgehead atoms. The van der Waals surface area contributed by atoms with Crippen molar-refractivity contribution >= 4 is 23.6 Å². The molecule has 7 heteroatoms. The van der Waals surface area contributed by atoms with Crippen LogP contribution >= 0.6 is 0 Å². The highest BCUT2D eigenvalue weighted by atomic mass is 16.4. The van der Waals surface area contributed by atoms with Gasteiger partial charge in [0.05, 0.1) is 18.3 Å². The highest BCUT2D eigenvalue weighted by Gasteiger charge is 2.73. The average Bonchev–Trinajstić information content (AvgIpc) is 3.24. The van der Waals surface area contributed by atoms with Crippen molar-refractivity contribution in [1.82, 2.24) is 0 Å². The summed E-state index contributed by atoms with van der Waals surface area (Å²) >= 11 is 0. The minimum Gasteiger partial charge on any atom is -0.478 e. The number of aliphatic hydroxyl groups is 3. The summed E-state index contributed by atoms with van der Waals surface area (Å²) in [4.78, 5) is 40.2. The number of hydrogen-bond donors (Lipinski definition) is 4. The first-order valence-corrected chi connectivity index (χ1v) is 17.6. The minimum atomic E-state index is -1.10. The molecule has 11 atom stereocenters. The third kappa shape index (κ3) is 5.01. The summed E-state index contributed by atoms with van der Waals surface area (Å²) in [6, 6.07) is 9.86. The Kier molecular flexibility index (Phi) is 8.80. The first-order chi connectivity index (χ1) is 22.6. The van der Waals surface area contributed by atoms with Crippen molar-refractivity contribution in [2.24, 2.45) is 45.3 Å². The van der Waals surface area contributed by atoms with E-state index in [-0.39, 0.29) is 47.7 Å². The largest absolute Gasteiger partial charge is 0.478 e. The van der Waals surface area contributed by atoms with Gasteiger partial charge in [0, 0.05) is 59.0 Å². The van der Waals surface area contributed by atoms with Crippen LogP contribution in [-0.4, -0.2) is 56.3 Å². The molecular formula is C41H50O7. The maximum Gasteiger partial charge on any atom is 0.331 e. The van der Waals surface area contributed by atoms with Crippen molar-refractivity contribution in [1.29, 1.82) is 0 Å². The molecular weight excluding hydrogens is 604 g/mol. The van der Waals surface area contributed by atoms with Crippen molar-refractivity contribution < 1.29 is 34.8 Å². The number of aliphatic carboxylic acids is 1. The van der Waals surface area contributed by atoms with E-state index in [4.69, 9.17) is 0 Å². The zero-order chi connectivity index (χ0) is 34.8. The summed E-state index contributed by atoms with van der Waals surface area (Å²) in [7, 11) is 0. The van der Waals surface area contributed by atoms with Crippen LogP contribution in [0, 0.1) is 57.2 Å². The monoisotopic (exact) mass is 654 g/mol. The van der Waals surface area contributed by atoms with E-state index >= 15 is 0 Å². The van der Waals surface area contributed by atoms with Crippen LogP contribution < -0.4 is 0 Å². The predicted molar refractivity (Wildman–Crippen MR) is 183 cm³/mol. The van der Waals surface area contributed by atoms with Crippen LogP contribution in [0.5, 0.6) is 0 Å². The maximum absolute atomic E-state index is 14.8. The van der Waals surface area contributed by atoms with E-state index in [0.717, 1.165) is 5.56 Å². The number of carboxylic acid groups (broad SMARTS) is 1. The van der Waals surface area contributed by atoms with Gasteiger partial charge in [0.25, 0.3) is 0 Å². The molecule has 5 aliphatic rings. The number of aliphatic hydroxyl groups excluding tert-OH is 3. The van der Waals surface area contributed by atoms with E-state index in [0.29, 0.717) is 49.7 Å². The van der Waals surface area contributed by atoms with E-state index in [1.807, 2.05) is 56.3 Å². The van der Waals surface area contributed by atoms with Crippen LogP contribution in [0.3, 0.4) is 0 Å². The molecule has 6 rings (SSSR count). The Morgan fingerprint density at radius 3 is 2.46 bits per heavy atom. The number of benzene rings is 1. The van der Waals surface area contributed by atoms with E-state index < -0.39 is 51.9 Å². The molecule has 2 fully saturated rings. The second kappa shape index (κ2) is 12.2. The molecule has 5 aliphatic carbocycles. The van der Waals surface area contributed by atoms with Crippen molar-refractivity contribution in [2.75, 3.05) is 0 Å². The van der Waals surface area contributed by atoms with Crippen LogP contribution in [0.1, 0.15) is 91.5 Å². The summed E-state index contributed by atoms with van der Waals surface area (Å²) in [5.41, 5.74) is -0.980. The van der Waals surface area contributed by atoms with Gasteiger partial charge in [0.15, 0.2) is 5.78 Å². The highest BCUT2D eigenvalue weighted by Crippen LogP contribution is 2.74. The molecule has 0 saturated heterocycles. The zero-order valence-corrected chi connectivity index (χ0v) is 28.8. The van der Waals surface area contributed by atoms with E-state index in [2.05, 4.69) is 25.7 Å². The lowest BCUT2D eigenvalue weighted by Crippen LogP contribution is -2.64. The molecule has 2 saturated carbocycles. The van der Waals surface area contributed by atoms with Gasteiger partial charge in [-0.1, -0.05) is 70.2 Å². The lowest BCUT2D eigenvalue weighted by atomic mass is 9.39. The molecule has 1 aromatic rings. The predicted octanol–water partition coefficient (Wildman–Crippen LogP) is 5.93. The van der Waals surface area contributed by atoms with E-state index in [9.17, 15) is 34.8 Å². The van der Waals surface area contributed by atoms with Crippen molar-refractivity contribution in [3.63, 3.8) is 0 Å². The second-order valence-corrected chi connectivity index (χ2v) is 16.1. The van der Waals surface area contributed by atoms with Crippen molar-refractivity contribution in [2.45, 2.75) is 104 Å². The molecule has 11 unspecified atom stereocenters. The lowest BCUT2D eigenvalue weighted by Gasteiger charge is -2.64. The minimum absolute atomic E-state index is 0.0227. The van der Waals surface area contributed by atoms with E-state index in [1.54, 1.807) is 0 Å². The SMILES string of the molecule is CC(=CC(O)CC(C)C1CC(O)C23CCC#CCC4(C)C(=O)CCC5(C)C(=C2C(O)C(C=Cc2ccccc2)C45)C(=O)CC13C)C(=O)O. The maximum atomic E-state index is 14.8. The Balaban J connectivity index is 1.55.